The first kappa shape index (κ1) is 15.5. The number of benzene rings is 2. The number of anilines is 1. The highest BCUT2D eigenvalue weighted by atomic mass is 16.4. The number of carboxylic acids is 1. The molecule has 0 radical (unpaired) electrons. The van der Waals surface area contributed by atoms with Crippen molar-refractivity contribution >= 4 is 33.5 Å². The molecule has 1 saturated heterocycles. The summed E-state index contributed by atoms with van der Waals surface area (Å²) in [5, 5.41) is 20.5. The van der Waals surface area contributed by atoms with Gasteiger partial charge >= 0.3 is 5.97 Å². The summed E-state index contributed by atoms with van der Waals surface area (Å²) in [6.07, 6.45) is 2.06. The lowest BCUT2D eigenvalue weighted by Gasteiger charge is -2.33. The summed E-state index contributed by atoms with van der Waals surface area (Å²) < 4.78 is 0. The molecule has 1 atom stereocenters. The Kier molecular flexibility index (Phi) is 3.59. The van der Waals surface area contributed by atoms with E-state index in [0.717, 1.165) is 53.4 Å². The lowest BCUT2D eigenvalue weighted by molar-refractivity contribution is 0.0697. The standard InChI is InChI=1S/C19H18N4O2/c20-9-12-4-6-16(23-7-1-2-13(21)10-23)17-14-5-3-11(19(24)25)8-15(14)22-18(12)17/h3-6,8,13,22H,1-2,7,10,21H2,(H,24,25). The van der Waals surface area contributed by atoms with Gasteiger partial charge in [-0.2, -0.15) is 5.26 Å². The molecule has 6 heteroatoms. The van der Waals surface area contributed by atoms with Crippen molar-refractivity contribution in [2.45, 2.75) is 18.9 Å². The molecule has 0 aliphatic carbocycles. The summed E-state index contributed by atoms with van der Waals surface area (Å²) in [5.74, 6) is -0.969. The molecule has 3 aromatic rings. The number of nitrogens with zero attached hydrogens (tertiary/aromatic N) is 2. The molecule has 0 amide bonds. The molecular weight excluding hydrogens is 316 g/mol. The molecule has 126 valence electrons. The number of aromatic nitrogens is 1. The van der Waals surface area contributed by atoms with E-state index in [-0.39, 0.29) is 11.6 Å². The number of carbonyl (C=O) groups is 1. The highest BCUT2D eigenvalue weighted by molar-refractivity contribution is 6.15. The fourth-order valence-electron chi connectivity index (χ4n) is 3.71. The van der Waals surface area contributed by atoms with Crippen molar-refractivity contribution in [2.75, 3.05) is 18.0 Å². The summed E-state index contributed by atoms with van der Waals surface area (Å²) in [6, 6.07) is 11.2. The highest BCUT2D eigenvalue weighted by Crippen LogP contribution is 2.37. The van der Waals surface area contributed by atoms with Gasteiger partial charge in [0.15, 0.2) is 0 Å². The summed E-state index contributed by atoms with van der Waals surface area (Å²) in [6.45, 7) is 1.70. The van der Waals surface area contributed by atoms with Crippen LogP contribution >= 0.6 is 0 Å². The molecule has 2 heterocycles. The minimum absolute atomic E-state index is 0.142. The van der Waals surface area contributed by atoms with Gasteiger partial charge in [-0.05, 0) is 37.1 Å². The maximum absolute atomic E-state index is 11.2. The minimum atomic E-state index is -0.969. The second-order valence-electron chi connectivity index (χ2n) is 6.53. The normalized spacial score (nSPS) is 17.8. The number of nitriles is 1. The first-order valence-electron chi connectivity index (χ1n) is 8.31. The molecular formula is C19H18N4O2. The maximum Gasteiger partial charge on any atom is 0.335 e. The molecule has 4 N–H and O–H groups in total. The Morgan fingerprint density at radius 1 is 1.36 bits per heavy atom. The molecule has 1 unspecified atom stereocenters. The second kappa shape index (κ2) is 5.80. The predicted octanol–water partition coefficient (Wildman–Crippen LogP) is 2.82. The van der Waals surface area contributed by atoms with Crippen molar-refractivity contribution in [3.05, 3.63) is 41.5 Å². The van der Waals surface area contributed by atoms with E-state index in [2.05, 4.69) is 16.0 Å². The number of aromatic amines is 1. The van der Waals surface area contributed by atoms with Crippen LogP contribution in [0, 0.1) is 11.3 Å². The summed E-state index contributed by atoms with van der Waals surface area (Å²) in [5.41, 5.74) is 9.42. The zero-order chi connectivity index (χ0) is 17.6. The summed E-state index contributed by atoms with van der Waals surface area (Å²) in [4.78, 5) is 16.7. The molecule has 6 nitrogen and oxygen atoms in total. The summed E-state index contributed by atoms with van der Waals surface area (Å²) in [7, 11) is 0. The van der Waals surface area contributed by atoms with Crippen molar-refractivity contribution in [1.82, 2.24) is 4.98 Å². The molecule has 0 saturated carbocycles. The zero-order valence-electron chi connectivity index (χ0n) is 13.6. The van der Waals surface area contributed by atoms with Crippen LogP contribution < -0.4 is 10.6 Å². The van der Waals surface area contributed by atoms with E-state index in [9.17, 15) is 15.2 Å². The van der Waals surface area contributed by atoms with Gasteiger partial charge in [-0.1, -0.05) is 6.07 Å². The van der Waals surface area contributed by atoms with Crippen LogP contribution in [0.1, 0.15) is 28.8 Å². The predicted molar refractivity (Wildman–Crippen MR) is 96.9 cm³/mol. The van der Waals surface area contributed by atoms with Crippen LogP contribution in [-0.2, 0) is 0 Å². The van der Waals surface area contributed by atoms with Gasteiger partial charge in [0.2, 0.25) is 0 Å². The molecule has 2 aromatic carbocycles. The lowest BCUT2D eigenvalue weighted by Crippen LogP contribution is -2.42. The Hall–Kier alpha value is -3.04. The smallest absolute Gasteiger partial charge is 0.335 e. The van der Waals surface area contributed by atoms with E-state index in [1.807, 2.05) is 18.2 Å². The van der Waals surface area contributed by atoms with Gasteiger partial charge in [-0.15, -0.1) is 0 Å². The monoisotopic (exact) mass is 334 g/mol. The zero-order valence-corrected chi connectivity index (χ0v) is 13.6. The van der Waals surface area contributed by atoms with Crippen molar-refractivity contribution in [2.24, 2.45) is 5.73 Å². The molecule has 1 aromatic heterocycles. The molecule has 4 rings (SSSR count). The van der Waals surface area contributed by atoms with Crippen LogP contribution in [-0.4, -0.2) is 35.2 Å². The van der Waals surface area contributed by atoms with Gasteiger partial charge < -0.3 is 20.7 Å². The van der Waals surface area contributed by atoms with Gasteiger partial charge in [0.25, 0.3) is 0 Å². The third kappa shape index (κ3) is 2.49. The minimum Gasteiger partial charge on any atom is -0.478 e. The van der Waals surface area contributed by atoms with E-state index >= 15 is 0 Å². The first-order valence-corrected chi connectivity index (χ1v) is 8.31. The van der Waals surface area contributed by atoms with Crippen molar-refractivity contribution < 1.29 is 9.90 Å². The third-order valence-electron chi connectivity index (χ3n) is 4.90. The maximum atomic E-state index is 11.2. The van der Waals surface area contributed by atoms with Gasteiger partial charge in [0.05, 0.1) is 16.6 Å². The van der Waals surface area contributed by atoms with Crippen LogP contribution in [0.2, 0.25) is 0 Å². The van der Waals surface area contributed by atoms with Gasteiger partial charge in [0, 0.05) is 41.1 Å². The Balaban J connectivity index is 1.99. The van der Waals surface area contributed by atoms with E-state index in [4.69, 9.17) is 5.73 Å². The number of hydrogen-bond acceptors (Lipinski definition) is 4. The number of hydrogen-bond donors (Lipinski definition) is 3. The number of fused-ring (bicyclic) bond motifs is 3. The quantitative estimate of drug-likeness (QED) is 0.668. The first-order chi connectivity index (χ1) is 12.1. The molecule has 0 spiro atoms. The second-order valence-corrected chi connectivity index (χ2v) is 6.53. The topological polar surface area (TPSA) is 106 Å². The van der Waals surface area contributed by atoms with Gasteiger partial charge in [0.1, 0.15) is 6.07 Å². The van der Waals surface area contributed by atoms with Crippen LogP contribution in [0.15, 0.2) is 30.3 Å². The molecule has 25 heavy (non-hydrogen) atoms. The molecule has 0 bridgehead atoms. The van der Waals surface area contributed by atoms with Gasteiger partial charge in [-0.25, -0.2) is 4.79 Å². The van der Waals surface area contributed by atoms with Crippen molar-refractivity contribution in [1.29, 1.82) is 5.26 Å². The fraction of sp³-hybridized carbons (Fsp3) is 0.263. The van der Waals surface area contributed by atoms with Crippen LogP contribution in [0.5, 0.6) is 0 Å². The third-order valence-corrected chi connectivity index (χ3v) is 4.90. The number of aromatic carboxylic acids is 1. The Morgan fingerprint density at radius 2 is 2.20 bits per heavy atom. The van der Waals surface area contributed by atoms with Crippen LogP contribution in [0.3, 0.4) is 0 Å². The summed E-state index contributed by atoms with van der Waals surface area (Å²) >= 11 is 0. The van der Waals surface area contributed by atoms with E-state index in [0.29, 0.717) is 5.56 Å². The fourth-order valence-corrected chi connectivity index (χ4v) is 3.71. The Bertz CT molecular complexity index is 1030. The van der Waals surface area contributed by atoms with Gasteiger partial charge in [-0.3, -0.25) is 0 Å². The average Bonchev–Trinajstić information content (AvgIpc) is 2.99. The molecule has 1 aliphatic heterocycles. The van der Waals surface area contributed by atoms with Crippen molar-refractivity contribution in [3.8, 4) is 6.07 Å². The largest absolute Gasteiger partial charge is 0.478 e. The van der Waals surface area contributed by atoms with E-state index in [1.165, 1.54) is 0 Å². The Labute approximate surface area is 144 Å². The number of nitrogens with one attached hydrogen (secondary N) is 1. The van der Waals surface area contributed by atoms with E-state index in [1.54, 1.807) is 12.1 Å². The lowest BCUT2D eigenvalue weighted by atomic mass is 10.0. The number of H-pyrrole nitrogens is 1. The number of rotatable bonds is 2. The number of carboxylic acid groups (broad SMARTS) is 1. The van der Waals surface area contributed by atoms with Crippen molar-refractivity contribution in [3.63, 3.8) is 0 Å². The number of piperidine rings is 1. The number of nitrogens with two attached hydrogens (primary N) is 1. The Morgan fingerprint density at radius 3 is 2.92 bits per heavy atom. The van der Waals surface area contributed by atoms with Crippen LogP contribution in [0.25, 0.3) is 21.8 Å². The SMILES string of the molecule is N#Cc1ccc(N2CCCC(N)C2)c2c1[nH]c1cc(C(=O)O)ccc12. The highest BCUT2D eigenvalue weighted by Gasteiger charge is 2.22. The molecule has 1 aliphatic rings. The van der Waals surface area contributed by atoms with Crippen LogP contribution in [0.4, 0.5) is 5.69 Å². The molecule has 1 fully saturated rings. The average molecular weight is 334 g/mol. The van der Waals surface area contributed by atoms with E-state index < -0.39 is 5.97 Å².